The van der Waals surface area contributed by atoms with Crippen LogP contribution >= 0.6 is 11.3 Å². The first-order valence-corrected chi connectivity index (χ1v) is 9.38. The van der Waals surface area contributed by atoms with Crippen LogP contribution in [0, 0.1) is 6.92 Å². The Kier molecular flexibility index (Phi) is 5.62. The average molecular weight is 369 g/mol. The largest absolute Gasteiger partial charge is 0.462 e. The van der Waals surface area contributed by atoms with Crippen LogP contribution in [0.1, 0.15) is 22.3 Å². The predicted molar refractivity (Wildman–Crippen MR) is 87.7 cm³/mol. The van der Waals surface area contributed by atoms with Crippen LogP contribution in [0.4, 0.5) is 5.69 Å². The number of amides is 1. The van der Waals surface area contributed by atoms with Crippen LogP contribution in [-0.4, -0.2) is 42.9 Å². The van der Waals surface area contributed by atoms with Crippen LogP contribution < -0.4 is 5.32 Å². The molecule has 2 rings (SSSR count). The Balaban J connectivity index is 2.01. The zero-order chi connectivity index (χ0) is 17.7. The highest BCUT2D eigenvalue weighted by Gasteiger charge is 2.23. The molecule has 0 aliphatic carbocycles. The lowest BCUT2D eigenvalue weighted by Gasteiger charge is -2.06. The smallest absolute Gasteiger partial charge is 0.338 e. The van der Waals surface area contributed by atoms with E-state index in [1.54, 1.807) is 13.8 Å². The standard InChI is InChI=1S/C14H15N3O5S2/c1-3-22-13(19)10-4-6-11(7-5-10)15-12(18)8-24(20,21)14-17-16-9(2)23-14/h4-7H,3,8H2,1-2H3,(H,15,18). The number of sulfone groups is 1. The van der Waals surface area contributed by atoms with E-state index in [-0.39, 0.29) is 10.9 Å². The SMILES string of the molecule is CCOC(=O)c1ccc(NC(=O)CS(=O)(=O)c2nnc(C)s2)cc1. The summed E-state index contributed by atoms with van der Waals surface area (Å²) < 4.78 is 28.8. The van der Waals surface area contributed by atoms with Crippen molar-refractivity contribution in [3.63, 3.8) is 0 Å². The second-order valence-electron chi connectivity index (χ2n) is 4.69. The van der Waals surface area contributed by atoms with Crippen molar-refractivity contribution in [3.8, 4) is 0 Å². The van der Waals surface area contributed by atoms with Crippen LogP contribution in [0.5, 0.6) is 0 Å². The number of aromatic nitrogens is 2. The molecule has 0 spiro atoms. The van der Waals surface area contributed by atoms with Crippen molar-refractivity contribution < 1.29 is 22.7 Å². The molecule has 128 valence electrons. The number of aryl methyl sites for hydroxylation is 1. The maximum atomic E-state index is 12.0. The second kappa shape index (κ2) is 7.49. The molecular weight excluding hydrogens is 354 g/mol. The number of benzene rings is 1. The maximum Gasteiger partial charge on any atom is 0.338 e. The number of hydrogen-bond acceptors (Lipinski definition) is 8. The zero-order valence-electron chi connectivity index (χ0n) is 13.0. The molecule has 0 saturated carbocycles. The van der Waals surface area contributed by atoms with Gasteiger partial charge in [0, 0.05) is 5.69 Å². The van der Waals surface area contributed by atoms with E-state index >= 15 is 0 Å². The number of esters is 1. The molecule has 24 heavy (non-hydrogen) atoms. The fourth-order valence-corrected chi connectivity index (χ4v) is 3.91. The summed E-state index contributed by atoms with van der Waals surface area (Å²) in [4.78, 5) is 23.4. The lowest BCUT2D eigenvalue weighted by Crippen LogP contribution is -2.23. The molecule has 0 atom stereocenters. The average Bonchev–Trinajstić information content (AvgIpc) is 2.95. The molecule has 0 fully saturated rings. The molecule has 1 aromatic carbocycles. The van der Waals surface area contributed by atoms with E-state index in [0.717, 1.165) is 11.3 Å². The Bertz CT molecular complexity index is 844. The first kappa shape index (κ1) is 18.0. The van der Waals surface area contributed by atoms with Gasteiger partial charge in [0.25, 0.3) is 0 Å². The van der Waals surface area contributed by atoms with Gasteiger partial charge in [-0.25, -0.2) is 13.2 Å². The summed E-state index contributed by atoms with van der Waals surface area (Å²) in [6, 6.07) is 5.95. The van der Waals surface area contributed by atoms with Crippen molar-refractivity contribution in [3.05, 3.63) is 34.8 Å². The monoisotopic (exact) mass is 369 g/mol. The predicted octanol–water partition coefficient (Wildman–Crippen LogP) is 1.44. The Morgan fingerprint density at radius 1 is 1.21 bits per heavy atom. The third-order valence-corrected chi connectivity index (χ3v) is 5.68. The van der Waals surface area contributed by atoms with Crippen LogP contribution in [0.3, 0.4) is 0 Å². The molecule has 0 saturated heterocycles. The van der Waals surface area contributed by atoms with Gasteiger partial charge in [0.05, 0.1) is 12.2 Å². The minimum Gasteiger partial charge on any atom is -0.462 e. The molecule has 0 unspecified atom stereocenters. The third-order valence-electron chi connectivity index (χ3n) is 2.77. The van der Waals surface area contributed by atoms with E-state index in [1.165, 1.54) is 24.3 Å². The van der Waals surface area contributed by atoms with Gasteiger partial charge in [0.2, 0.25) is 20.1 Å². The molecule has 10 heteroatoms. The number of carbonyl (C=O) groups is 2. The van der Waals surface area contributed by atoms with Crippen LogP contribution in [0.15, 0.2) is 28.6 Å². The van der Waals surface area contributed by atoms with E-state index in [1.807, 2.05) is 0 Å². The van der Waals surface area contributed by atoms with Gasteiger partial charge in [-0.05, 0) is 38.1 Å². The summed E-state index contributed by atoms with van der Waals surface area (Å²) >= 11 is 0.911. The van der Waals surface area contributed by atoms with Crippen molar-refractivity contribution in [1.29, 1.82) is 0 Å². The first-order valence-electron chi connectivity index (χ1n) is 6.91. The zero-order valence-corrected chi connectivity index (χ0v) is 14.6. The van der Waals surface area contributed by atoms with Gasteiger partial charge in [0.1, 0.15) is 10.8 Å². The van der Waals surface area contributed by atoms with Gasteiger partial charge in [-0.3, -0.25) is 4.79 Å². The van der Waals surface area contributed by atoms with Gasteiger partial charge >= 0.3 is 5.97 Å². The minimum atomic E-state index is -3.83. The summed E-state index contributed by atoms with van der Waals surface area (Å²) in [5.41, 5.74) is 0.712. The summed E-state index contributed by atoms with van der Waals surface area (Å²) in [6.45, 7) is 3.59. The molecule has 1 amide bonds. The summed E-state index contributed by atoms with van der Waals surface area (Å²) in [5.74, 6) is -1.90. The minimum absolute atomic E-state index is 0.187. The molecule has 2 aromatic rings. The third kappa shape index (κ3) is 4.59. The summed E-state index contributed by atoms with van der Waals surface area (Å²) in [7, 11) is -3.83. The van der Waals surface area contributed by atoms with Crippen molar-refractivity contribution in [2.24, 2.45) is 0 Å². The summed E-state index contributed by atoms with van der Waals surface area (Å²) in [5, 5.41) is 10.1. The van der Waals surface area contributed by atoms with E-state index < -0.39 is 27.5 Å². The number of rotatable bonds is 6. The number of ether oxygens (including phenoxy) is 1. The number of hydrogen-bond donors (Lipinski definition) is 1. The van der Waals surface area contributed by atoms with E-state index in [2.05, 4.69) is 15.5 Å². The normalized spacial score (nSPS) is 11.1. The van der Waals surface area contributed by atoms with Gasteiger partial charge in [-0.15, -0.1) is 10.2 Å². The molecule has 0 bridgehead atoms. The van der Waals surface area contributed by atoms with Gasteiger partial charge < -0.3 is 10.1 Å². The number of nitrogens with zero attached hydrogens (tertiary/aromatic N) is 2. The Labute approximate surface area is 142 Å². The molecule has 1 heterocycles. The molecule has 1 N–H and O–H groups in total. The first-order chi connectivity index (χ1) is 11.3. The Hall–Kier alpha value is -2.33. The fourth-order valence-electron chi connectivity index (χ4n) is 1.74. The highest BCUT2D eigenvalue weighted by atomic mass is 32.2. The summed E-state index contributed by atoms with van der Waals surface area (Å²) in [6.07, 6.45) is 0. The Morgan fingerprint density at radius 3 is 2.42 bits per heavy atom. The van der Waals surface area contributed by atoms with E-state index in [4.69, 9.17) is 4.74 Å². The molecule has 1 aromatic heterocycles. The van der Waals surface area contributed by atoms with Gasteiger partial charge in [0.15, 0.2) is 0 Å². The van der Waals surface area contributed by atoms with Crippen LogP contribution in [-0.2, 0) is 19.4 Å². The van der Waals surface area contributed by atoms with Crippen LogP contribution in [0.25, 0.3) is 0 Å². The molecule has 0 aliphatic heterocycles. The lowest BCUT2D eigenvalue weighted by molar-refractivity contribution is -0.113. The van der Waals surface area contributed by atoms with Crippen molar-refractivity contribution >= 4 is 38.7 Å². The number of anilines is 1. The van der Waals surface area contributed by atoms with E-state index in [0.29, 0.717) is 16.3 Å². The maximum absolute atomic E-state index is 12.0. The van der Waals surface area contributed by atoms with Crippen molar-refractivity contribution in [2.45, 2.75) is 18.2 Å². The van der Waals surface area contributed by atoms with Crippen LogP contribution in [0.2, 0.25) is 0 Å². The molecule has 0 aliphatic rings. The van der Waals surface area contributed by atoms with Crippen molar-refractivity contribution in [2.75, 3.05) is 17.7 Å². The lowest BCUT2D eigenvalue weighted by atomic mass is 10.2. The molecular formula is C14H15N3O5S2. The van der Waals surface area contributed by atoms with Gasteiger partial charge in [-0.2, -0.15) is 0 Å². The topological polar surface area (TPSA) is 115 Å². The fraction of sp³-hybridized carbons (Fsp3) is 0.286. The molecule has 8 nitrogen and oxygen atoms in total. The second-order valence-corrected chi connectivity index (χ2v) is 8.04. The quantitative estimate of drug-likeness (QED) is 0.766. The van der Waals surface area contributed by atoms with Gasteiger partial charge in [-0.1, -0.05) is 11.3 Å². The Morgan fingerprint density at radius 2 is 1.88 bits per heavy atom. The highest BCUT2D eigenvalue weighted by molar-refractivity contribution is 7.94. The van der Waals surface area contributed by atoms with E-state index in [9.17, 15) is 18.0 Å². The highest BCUT2D eigenvalue weighted by Crippen LogP contribution is 2.17. The number of carbonyl (C=O) groups excluding carboxylic acids is 2. The molecule has 0 radical (unpaired) electrons. The number of nitrogens with one attached hydrogen (secondary N) is 1. The van der Waals surface area contributed by atoms with Crippen molar-refractivity contribution in [1.82, 2.24) is 10.2 Å².